The molecule has 0 bridgehead atoms. The Morgan fingerprint density at radius 2 is 1.96 bits per heavy atom. The Kier molecular flexibility index (Phi) is 5.42. The molecule has 0 aliphatic rings. The number of carbonyl (C=O) groups is 2. The summed E-state index contributed by atoms with van der Waals surface area (Å²) in [6.07, 6.45) is 1.19. The highest BCUT2D eigenvalue weighted by molar-refractivity contribution is 9.10. The fourth-order valence-electron chi connectivity index (χ4n) is 1.59. The van der Waals surface area contributed by atoms with Crippen LogP contribution in [0.4, 0.5) is 10.1 Å². The van der Waals surface area contributed by atoms with E-state index in [1.54, 1.807) is 12.1 Å². The van der Waals surface area contributed by atoms with Crippen LogP contribution in [0.2, 0.25) is 0 Å². The number of halogens is 2. The van der Waals surface area contributed by atoms with Crippen LogP contribution < -0.4 is 10.7 Å². The van der Waals surface area contributed by atoms with Crippen LogP contribution in [0, 0.1) is 5.82 Å². The number of anilines is 1. The minimum Gasteiger partial charge on any atom is -0.507 e. The number of carbonyl (C=O) groups excluding carboxylic acids is 2. The lowest BCUT2D eigenvalue weighted by atomic mass is 10.2. The van der Waals surface area contributed by atoms with Crippen molar-refractivity contribution in [3.63, 3.8) is 0 Å². The second-order valence-electron chi connectivity index (χ2n) is 4.37. The van der Waals surface area contributed by atoms with Crippen molar-refractivity contribution in [2.45, 2.75) is 0 Å². The Hall–Kier alpha value is -2.74. The predicted molar refractivity (Wildman–Crippen MR) is 86.6 cm³/mol. The zero-order valence-corrected chi connectivity index (χ0v) is 13.2. The first-order chi connectivity index (χ1) is 11.0. The smallest absolute Gasteiger partial charge is 0.329 e. The summed E-state index contributed by atoms with van der Waals surface area (Å²) in [5.41, 5.74) is 2.51. The van der Waals surface area contributed by atoms with E-state index in [2.05, 4.69) is 26.3 Å². The van der Waals surface area contributed by atoms with Crippen molar-refractivity contribution in [3.8, 4) is 5.75 Å². The monoisotopic (exact) mass is 379 g/mol. The van der Waals surface area contributed by atoms with Crippen molar-refractivity contribution in [2.24, 2.45) is 5.10 Å². The Morgan fingerprint density at radius 1 is 1.17 bits per heavy atom. The highest BCUT2D eigenvalue weighted by atomic mass is 79.9. The van der Waals surface area contributed by atoms with Crippen LogP contribution in [0.1, 0.15) is 5.56 Å². The van der Waals surface area contributed by atoms with Crippen LogP contribution in [0.5, 0.6) is 5.75 Å². The molecule has 2 rings (SSSR count). The number of hydrazone groups is 1. The van der Waals surface area contributed by atoms with E-state index < -0.39 is 17.6 Å². The third-order valence-electron chi connectivity index (χ3n) is 2.65. The largest absolute Gasteiger partial charge is 0.507 e. The number of amides is 2. The number of rotatable bonds is 3. The lowest BCUT2D eigenvalue weighted by Crippen LogP contribution is -2.32. The quantitative estimate of drug-likeness (QED) is 0.434. The number of phenols is 1. The standard InChI is InChI=1S/C15H11BrFN3O3/c16-10-4-5-13(21)9(6-10)8-18-20-15(23)14(22)19-12-3-1-2-11(17)7-12/h1-8,21H,(H,19,22)(H,20,23)/b18-8+. The summed E-state index contributed by atoms with van der Waals surface area (Å²) < 4.78 is 13.7. The summed E-state index contributed by atoms with van der Waals surface area (Å²) in [6.45, 7) is 0. The van der Waals surface area contributed by atoms with Gasteiger partial charge in [0.05, 0.1) is 6.21 Å². The molecular formula is C15H11BrFN3O3. The van der Waals surface area contributed by atoms with Crippen LogP contribution in [-0.4, -0.2) is 23.1 Å². The summed E-state index contributed by atoms with van der Waals surface area (Å²) in [5.74, 6) is -2.59. The van der Waals surface area contributed by atoms with Gasteiger partial charge in [-0.15, -0.1) is 0 Å². The molecule has 0 atom stereocenters. The first-order valence-corrected chi connectivity index (χ1v) is 7.13. The van der Waals surface area contributed by atoms with Crippen molar-refractivity contribution >= 4 is 39.6 Å². The summed E-state index contributed by atoms with van der Waals surface area (Å²) in [5, 5.41) is 15.4. The Bertz CT molecular complexity index is 780. The van der Waals surface area contributed by atoms with E-state index in [9.17, 15) is 19.1 Å². The Morgan fingerprint density at radius 3 is 2.70 bits per heavy atom. The minimum atomic E-state index is -1.03. The summed E-state index contributed by atoms with van der Waals surface area (Å²) in [6, 6.07) is 9.80. The first kappa shape index (κ1) is 16.6. The third-order valence-corrected chi connectivity index (χ3v) is 3.14. The molecule has 6 nitrogen and oxygen atoms in total. The summed E-state index contributed by atoms with van der Waals surface area (Å²) in [7, 11) is 0. The average Bonchev–Trinajstić information content (AvgIpc) is 2.50. The van der Waals surface area contributed by atoms with Crippen molar-refractivity contribution < 1.29 is 19.1 Å². The maximum Gasteiger partial charge on any atom is 0.329 e. The maximum atomic E-state index is 13.0. The summed E-state index contributed by atoms with van der Waals surface area (Å²) in [4.78, 5) is 23.2. The summed E-state index contributed by atoms with van der Waals surface area (Å²) >= 11 is 3.23. The van der Waals surface area contributed by atoms with Crippen molar-refractivity contribution in [2.75, 3.05) is 5.32 Å². The van der Waals surface area contributed by atoms with Gasteiger partial charge in [-0.1, -0.05) is 22.0 Å². The van der Waals surface area contributed by atoms with Gasteiger partial charge in [-0.05, 0) is 36.4 Å². The zero-order valence-electron chi connectivity index (χ0n) is 11.6. The van der Waals surface area contributed by atoms with E-state index in [0.717, 1.165) is 6.07 Å². The van der Waals surface area contributed by atoms with Crippen LogP contribution >= 0.6 is 15.9 Å². The zero-order chi connectivity index (χ0) is 16.8. The number of phenolic OH excluding ortho intramolecular Hbond substituents is 1. The van der Waals surface area contributed by atoms with Crippen molar-refractivity contribution in [1.29, 1.82) is 0 Å². The van der Waals surface area contributed by atoms with Crippen LogP contribution in [0.25, 0.3) is 0 Å². The predicted octanol–water partition coefficient (Wildman–Crippen LogP) is 2.38. The van der Waals surface area contributed by atoms with Gasteiger partial charge in [0.25, 0.3) is 0 Å². The topological polar surface area (TPSA) is 90.8 Å². The van der Waals surface area contributed by atoms with Crippen molar-refractivity contribution in [3.05, 3.63) is 58.3 Å². The molecular weight excluding hydrogens is 369 g/mol. The van der Waals surface area contributed by atoms with Crippen molar-refractivity contribution in [1.82, 2.24) is 5.43 Å². The SMILES string of the molecule is O=C(N/N=C/c1cc(Br)ccc1O)C(=O)Nc1cccc(F)c1. The first-order valence-electron chi connectivity index (χ1n) is 6.34. The van der Waals surface area contributed by atoms with E-state index in [0.29, 0.717) is 10.0 Å². The molecule has 8 heteroatoms. The van der Waals surface area contributed by atoms with Gasteiger partial charge in [-0.25, -0.2) is 9.82 Å². The maximum absolute atomic E-state index is 13.0. The fraction of sp³-hybridized carbons (Fsp3) is 0. The normalized spacial score (nSPS) is 10.5. The molecule has 2 amide bonds. The molecule has 0 radical (unpaired) electrons. The number of nitrogens with zero attached hydrogens (tertiary/aromatic N) is 1. The molecule has 2 aromatic rings. The van der Waals surface area contributed by atoms with Gasteiger partial charge in [0, 0.05) is 15.7 Å². The Labute approximate surface area is 139 Å². The molecule has 3 N–H and O–H groups in total. The number of hydrogen-bond acceptors (Lipinski definition) is 4. The van der Waals surface area contributed by atoms with Gasteiger partial charge in [0.15, 0.2) is 0 Å². The number of hydrogen-bond donors (Lipinski definition) is 3. The molecule has 0 aromatic heterocycles. The van der Waals surface area contributed by atoms with Crippen LogP contribution in [0.3, 0.4) is 0 Å². The van der Waals surface area contributed by atoms with Gasteiger partial charge in [-0.3, -0.25) is 9.59 Å². The van der Waals surface area contributed by atoms with Crippen LogP contribution in [-0.2, 0) is 9.59 Å². The lowest BCUT2D eigenvalue weighted by molar-refractivity contribution is -0.136. The van der Waals surface area contributed by atoms with Crippen LogP contribution in [0.15, 0.2) is 52.0 Å². The van der Waals surface area contributed by atoms with Gasteiger partial charge in [0.2, 0.25) is 0 Å². The van der Waals surface area contributed by atoms with Gasteiger partial charge < -0.3 is 10.4 Å². The fourth-order valence-corrected chi connectivity index (χ4v) is 1.97. The van der Waals surface area contributed by atoms with E-state index in [4.69, 9.17) is 0 Å². The number of benzene rings is 2. The second kappa shape index (κ2) is 7.50. The third kappa shape index (κ3) is 4.89. The molecule has 118 valence electrons. The second-order valence-corrected chi connectivity index (χ2v) is 5.28. The van der Waals surface area contributed by atoms with Gasteiger partial charge in [-0.2, -0.15) is 5.10 Å². The minimum absolute atomic E-state index is 0.0320. The molecule has 0 saturated carbocycles. The molecule has 0 unspecified atom stereocenters. The molecule has 0 aliphatic heterocycles. The number of aromatic hydroxyl groups is 1. The molecule has 2 aromatic carbocycles. The molecule has 0 spiro atoms. The van der Waals surface area contributed by atoms with Gasteiger partial charge >= 0.3 is 11.8 Å². The Balaban J connectivity index is 1.95. The van der Waals surface area contributed by atoms with E-state index >= 15 is 0 Å². The van der Waals surface area contributed by atoms with Gasteiger partial charge in [0.1, 0.15) is 11.6 Å². The van der Waals surface area contributed by atoms with E-state index in [-0.39, 0.29) is 11.4 Å². The van der Waals surface area contributed by atoms with E-state index in [1.165, 1.54) is 30.5 Å². The molecule has 23 heavy (non-hydrogen) atoms. The lowest BCUT2D eigenvalue weighted by Gasteiger charge is -2.04. The van der Waals surface area contributed by atoms with E-state index in [1.807, 2.05) is 5.43 Å². The highest BCUT2D eigenvalue weighted by Gasteiger charge is 2.13. The molecule has 0 saturated heterocycles. The highest BCUT2D eigenvalue weighted by Crippen LogP contribution is 2.19. The molecule has 0 heterocycles. The number of nitrogens with one attached hydrogen (secondary N) is 2. The average molecular weight is 380 g/mol. The molecule has 0 aliphatic carbocycles. The molecule has 0 fully saturated rings.